The van der Waals surface area contributed by atoms with Gasteiger partial charge in [0.2, 0.25) is 0 Å². The van der Waals surface area contributed by atoms with Crippen molar-refractivity contribution < 1.29 is 23.7 Å². The third kappa shape index (κ3) is 8.99. The number of oxime groups is 1. The molecule has 4 unspecified atom stereocenters. The van der Waals surface area contributed by atoms with Gasteiger partial charge in [-0.15, -0.1) is 0 Å². The van der Waals surface area contributed by atoms with Gasteiger partial charge in [-0.3, -0.25) is 4.79 Å². The first kappa shape index (κ1) is 25.0. The molecular weight excluding hydrogens is 402 g/mol. The van der Waals surface area contributed by atoms with Gasteiger partial charge in [0.25, 0.3) is 0 Å². The second kappa shape index (κ2) is 14.0. The highest BCUT2D eigenvalue weighted by atomic mass is 35.5. The number of halogens is 1. The Morgan fingerprint density at radius 3 is 2.79 bits per heavy atom. The van der Waals surface area contributed by atoms with Gasteiger partial charge < -0.3 is 18.9 Å². The van der Waals surface area contributed by atoms with Crippen molar-refractivity contribution in [1.29, 1.82) is 0 Å². The molecule has 0 heterocycles. The quantitative estimate of drug-likeness (QED) is 0.249. The molecule has 0 bridgehead atoms. The summed E-state index contributed by atoms with van der Waals surface area (Å²) in [4.78, 5) is 18.0. The summed E-state index contributed by atoms with van der Waals surface area (Å²) >= 11 is 6.85. The van der Waals surface area contributed by atoms with Crippen LogP contribution in [0, 0.1) is 11.8 Å². The molecule has 4 atom stereocenters. The van der Waals surface area contributed by atoms with Gasteiger partial charge in [0.1, 0.15) is 24.1 Å². The number of Topliss-reactive ketones (excluding diaryl/α,β-unsaturated/α-hetero) is 1. The molecule has 160 valence electrons. The summed E-state index contributed by atoms with van der Waals surface area (Å²) in [5.74, 6) is 0.135. The van der Waals surface area contributed by atoms with E-state index in [1.807, 2.05) is 27.7 Å². The maximum absolute atomic E-state index is 12.7. The molecule has 1 rings (SSSR count). The fraction of sp³-hybridized carbons (Fsp3) is 0.700. The molecule has 1 aliphatic rings. The summed E-state index contributed by atoms with van der Waals surface area (Å²) in [5, 5.41) is 14.6. The highest BCUT2D eigenvalue weighted by molar-refractivity contribution is 7.94. The first-order valence-corrected chi connectivity index (χ1v) is 11.0. The van der Waals surface area contributed by atoms with Crippen molar-refractivity contribution in [3.05, 3.63) is 23.4 Å². The molecule has 0 fully saturated rings. The van der Waals surface area contributed by atoms with Gasteiger partial charge in [-0.2, -0.15) is 0 Å². The van der Waals surface area contributed by atoms with Gasteiger partial charge in [-0.1, -0.05) is 30.6 Å². The fourth-order valence-electron chi connectivity index (χ4n) is 2.95. The number of rotatable bonds is 13. The lowest BCUT2D eigenvalue weighted by atomic mass is 9.80. The summed E-state index contributed by atoms with van der Waals surface area (Å²) in [6.07, 6.45) is 4.85. The molecule has 0 aliphatic heterocycles. The second-order valence-electron chi connectivity index (χ2n) is 6.74. The molecule has 0 amide bonds. The van der Waals surface area contributed by atoms with E-state index in [2.05, 4.69) is 5.16 Å². The number of aliphatic hydroxyl groups excluding tert-OH is 1. The maximum atomic E-state index is 12.7. The number of hydrogen-bond donors (Lipinski definition) is 1. The zero-order valence-electron chi connectivity index (χ0n) is 17.1. The van der Waals surface area contributed by atoms with E-state index in [-0.39, 0.29) is 36.3 Å². The average molecular weight is 434 g/mol. The van der Waals surface area contributed by atoms with Crippen molar-refractivity contribution >= 4 is 35.1 Å². The lowest BCUT2D eigenvalue weighted by molar-refractivity contribution is -0.122. The number of ether oxygens (including phenoxy) is 1. The van der Waals surface area contributed by atoms with Crippen LogP contribution >= 0.6 is 23.6 Å². The molecule has 0 aromatic rings. The molecule has 28 heavy (non-hydrogen) atoms. The number of carbonyl (C=O) groups excluding carboxylic acids is 1. The molecule has 0 saturated heterocycles. The van der Waals surface area contributed by atoms with Crippen LogP contribution in [0.4, 0.5) is 0 Å². The van der Waals surface area contributed by atoms with Crippen LogP contribution in [0.5, 0.6) is 0 Å². The zero-order chi connectivity index (χ0) is 20.9. The monoisotopic (exact) mass is 433 g/mol. The lowest BCUT2D eigenvalue weighted by Crippen LogP contribution is -2.32. The van der Waals surface area contributed by atoms with Gasteiger partial charge in [-0.05, 0) is 56.8 Å². The van der Waals surface area contributed by atoms with Crippen LogP contribution in [0.1, 0.15) is 47.0 Å². The van der Waals surface area contributed by atoms with Crippen LogP contribution in [0.25, 0.3) is 0 Å². The lowest BCUT2D eigenvalue weighted by Gasteiger charge is -2.26. The number of allylic oxidation sites excluding steroid dienone is 2. The van der Waals surface area contributed by atoms with Gasteiger partial charge in [0, 0.05) is 17.7 Å². The Hall–Kier alpha value is -1.02. The SMILES string of the molecule is CCSOC(C)CC1C=C(O)C(C(CC)=NOCC(C)OCC=CCl)C(=O)C1. The second-order valence-corrected chi connectivity index (χ2v) is 8.00. The van der Waals surface area contributed by atoms with Crippen molar-refractivity contribution in [1.82, 2.24) is 0 Å². The average Bonchev–Trinajstić information content (AvgIpc) is 2.64. The van der Waals surface area contributed by atoms with Crippen molar-refractivity contribution in [2.45, 2.75) is 59.2 Å². The van der Waals surface area contributed by atoms with Gasteiger partial charge >= 0.3 is 0 Å². The Kier molecular flexibility index (Phi) is 12.5. The van der Waals surface area contributed by atoms with Crippen LogP contribution in [0.15, 0.2) is 28.6 Å². The molecule has 1 aliphatic carbocycles. The Labute approximate surface area is 177 Å². The minimum atomic E-state index is -0.724. The maximum Gasteiger partial charge on any atom is 0.149 e. The number of nitrogens with zero attached hydrogens (tertiary/aromatic N) is 1. The Morgan fingerprint density at radius 2 is 2.18 bits per heavy atom. The largest absolute Gasteiger partial charge is 0.511 e. The van der Waals surface area contributed by atoms with Crippen LogP contribution in [0.2, 0.25) is 0 Å². The Morgan fingerprint density at radius 1 is 1.43 bits per heavy atom. The van der Waals surface area contributed by atoms with E-state index >= 15 is 0 Å². The first-order valence-electron chi connectivity index (χ1n) is 9.69. The summed E-state index contributed by atoms with van der Waals surface area (Å²) in [6.45, 7) is 8.38. The van der Waals surface area contributed by atoms with Crippen LogP contribution < -0.4 is 0 Å². The molecule has 1 N–H and O–H groups in total. The third-order valence-corrected chi connectivity index (χ3v) is 5.10. The zero-order valence-corrected chi connectivity index (χ0v) is 18.7. The predicted molar refractivity (Wildman–Crippen MR) is 115 cm³/mol. The molecular formula is C20H32ClNO5S. The smallest absolute Gasteiger partial charge is 0.149 e. The predicted octanol–water partition coefficient (Wildman–Crippen LogP) is 5.04. The first-order chi connectivity index (χ1) is 13.4. The van der Waals surface area contributed by atoms with E-state index in [1.165, 1.54) is 17.6 Å². The van der Waals surface area contributed by atoms with Crippen molar-refractivity contribution in [3.63, 3.8) is 0 Å². The van der Waals surface area contributed by atoms with Gasteiger partial charge in [0.15, 0.2) is 0 Å². The highest BCUT2D eigenvalue weighted by Gasteiger charge is 2.34. The molecule has 6 nitrogen and oxygen atoms in total. The topological polar surface area (TPSA) is 77.3 Å². The molecule has 0 saturated carbocycles. The van der Waals surface area contributed by atoms with E-state index in [0.717, 1.165) is 5.75 Å². The van der Waals surface area contributed by atoms with Crippen LogP contribution in [-0.4, -0.2) is 47.8 Å². The summed E-state index contributed by atoms with van der Waals surface area (Å²) < 4.78 is 11.1. The number of aliphatic hydroxyl groups is 1. The number of ketones is 1. The number of hydrogen-bond acceptors (Lipinski definition) is 7. The van der Waals surface area contributed by atoms with Crippen LogP contribution in [0.3, 0.4) is 0 Å². The van der Waals surface area contributed by atoms with Crippen molar-refractivity contribution in [2.24, 2.45) is 17.0 Å². The molecule has 0 aromatic carbocycles. The Balaban J connectivity index is 2.65. The van der Waals surface area contributed by atoms with Crippen LogP contribution in [-0.2, 0) is 18.6 Å². The summed E-state index contributed by atoms with van der Waals surface area (Å²) in [6, 6.07) is 0. The molecule has 8 heteroatoms. The van der Waals surface area contributed by atoms with Crippen molar-refractivity contribution in [2.75, 3.05) is 19.0 Å². The van der Waals surface area contributed by atoms with Gasteiger partial charge in [-0.25, -0.2) is 0 Å². The Bertz CT molecular complexity index is 567. The fourth-order valence-corrected chi connectivity index (χ4v) is 3.47. The standard InChI is InChI=1S/C20H32ClNO5S/c1-5-17(22-26-13-15(4)25-9-7-8-21)20-18(23)11-16(12-19(20)24)10-14(3)27-28-6-2/h7-8,11,14-16,20,23H,5-6,9-10,12-13H2,1-4H3. The van der Waals surface area contributed by atoms with E-state index in [4.69, 9.17) is 25.4 Å². The number of carbonyl (C=O) groups is 1. The molecule has 0 radical (unpaired) electrons. The minimum Gasteiger partial charge on any atom is -0.511 e. The van der Waals surface area contributed by atoms with E-state index in [1.54, 1.807) is 12.2 Å². The van der Waals surface area contributed by atoms with Gasteiger partial charge in [0.05, 0.1) is 24.5 Å². The van der Waals surface area contributed by atoms with E-state index in [0.29, 0.717) is 31.6 Å². The van der Waals surface area contributed by atoms with E-state index in [9.17, 15) is 9.90 Å². The normalized spacial score (nSPS) is 23.0. The summed E-state index contributed by atoms with van der Waals surface area (Å²) in [7, 11) is 0. The minimum absolute atomic E-state index is 0.0149. The highest BCUT2D eigenvalue weighted by Crippen LogP contribution is 2.30. The third-order valence-electron chi connectivity index (χ3n) is 4.22. The van der Waals surface area contributed by atoms with E-state index < -0.39 is 5.92 Å². The molecule has 0 spiro atoms. The summed E-state index contributed by atoms with van der Waals surface area (Å²) in [5.41, 5.74) is 1.92. The molecule has 0 aromatic heterocycles. The van der Waals surface area contributed by atoms with Crippen molar-refractivity contribution in [3.8, 4) is 0 Å².